The van der Waals surface area contributed by atoms with Crippen molar-refractivity contribution in [3.8, 4) is 18.1 Å². The summed E-state index contributed by atoms with van der Waals surface area (Å²) in [5, 5.41) is 2.39. The van der Waals surface area contributed by atoms with E-state index in [0.29, 0.717) is 11.4 Å². The second-order valence-electron chi connectivity index (χ2n) is 3.59. The number of amides is 1. The molecule has 4 nitrogen and oxygen atoms in total. The van der Waals surface area contributed by atoms with Crippen LogP contribution in [0.4, 0.5) is 5.69 Å². The Morgan fingerprint density at radius 2 is 2.39 bits per heavy atom. The SMILES string of the molecule is C#CCNC(=O)C(C)Sc1ccc(N)cc1OC. The molecule has 18 heavy (non-hydrogen) atoms. The third-order valence-electron chi connectivity index (χ3n) is 2.23. The second-order valence-corrected chi connectivity index (χ2v) is 4.97. The van der Waals surface area contributed by atoms with Crippen LogP contribution in [-0.2, 0) is 4.79 Å². The van der Waals surface area contributed by atoms with E-state index in [2.05, 4.69) is 11.2 Å². The Bertz CT molecular complexity index is 469. The lowest BCUT2D eigenvalue weighted by molar-refractivity contribution is -0.120. The van der Waals surface area contributed by atoms with E-state index in [1.165, 1.54) is 11.8 Å². The Labute approximate surface area is 111 Å². The van der Waals surface area contributed by atoms with Crippen molar-refractivity contribution in [3.05, 3.63) is 18.2 Å². The van der Waals surface area contributed by atoms with Crippen LogP contribution in [0.5, 0.6) is 5.75 Å². The molecule has 0 heterocycles. The number of nitrogens with two attached hydrogens (primary N) is 1. The van der Waals surface area contributed by atoms with Gasteiger partial charge < -0.3 is 15.8 Å². The molecule has 5 heteroatoms. The van der Waals surface area contributed by atoms with Crippen LogP contribution in [0.1, 0.15) is 6.92 Å². The Hall–Kier alpha value is -1.80. The second kappa shape index (κ2) is 6.82. The van der Waals surface area contributed by atoms with E-state index in [9.17, 15) is 4.79 Å². The van der Waals surface area contributed by atoms with Crippen LogP contribution in [-0.4, -0.2) is 24.8 Å². The third kappa shape index (κ3) is 3.90. The number of rotatable bonds is 5. The molecule has 0 aliphatic carbocycles. The lowest BCUT2D eigenvalue weighted by Crippen LogP contribution is -2.31. The minimum Gasteiger partial charge on any atom is -0.496 e. The molecule has 0 spiro atoms. The first-order valence-corrected chi connectivity index (χ1v) is 6.27. The first-order valence-electron chi connectivity index (χ1n) is 5.39. The molecule has 0 fully saturated rings. The van der Waals surface area contributed by atoms with Gasteiger partial charge in [0, 0.05) is 11.8 Å². The van der Waals surface area contributed by atoms with Gasteiger partial charge in [-0.2, -0.15) is 0 Å². The number of nitrogens with one attached hydrogen (secondary N) is 1. The number of methoxy groups -OCH3 is 1. The van der Waals surface area contributed by atoms with E-state index < -0.39 is 0 Å². The molecule has 1 unspecified atom stereocenters. The summed E-state index contributed by atoms with van der Waals surface area (Å²) < 4.78 is 5.22. The van der Waals surface area contributed by atoms with Crippen LogP contribution in [0.2, 0.25) is 0 Å². The van der Waals surface area contributed by atoms with Crippen LogP contribution in [0.3, 0.4) is 0 Å². The van der Waals surface area contributed by atoms with Crippen molar-refractivity contribution in [2.75, 3.05) is 19.4 Å². The first-order chi connectivity index (χ1) is 8.58. The van der Waals surface area contributed by atoms with Crippen molar-refractivity contribution in [1.82, 2.24) is 5.32 Å². The van der Waals surface area contributed by atoms with Gasteiger partial charge in [-0.15, -0.1) is 18.2 Å². The zero-order valence-corrected chi connectivity index (χ0v) is 11.2. The molecular formula is C13H16N2O2S. The molecule has 0 aromatic heterocycles. The lowest BCUT2D eigenvalue weighted by atomic mass is 10.3. The number of hydrogen-bond donors (Lipinski definition) is 2. The molecule has 0 aliphatic rings. The van der Waals surface area contributed by atoms with Crippen molar-refractivity contribution in [2.24, 2.45) is 0 Å². The molecule has 1 amide bonds. The number of benzene rings is 1. The number of hydrogen-bond acceptors (Lipinski definition) is 4. The highest BCUT2D eigenvalue weighted by molar-refractivity contribution is 8.00. The van der Waals surface area contributed by atoms with Gasteiger partial charge in [0.05, 0.1) is 23.8 Å². The first kappa shape index (κ1) is 14.3. The molecule has 0 saturated carbocycles. The highest BCUT2D eigenvalue weighted by atomic mass is 32.2. The Morgan fingerprint density at radius 3 is 3.00 bits per heavy atom. The highest BCUT2D eigenvalue weighted by Gasteiger charge is 2.16. The van der Waals surface area contributed by atoms with E-state index in [1.54, 1.807) is 19.2 Å². The van der Waals surface area contributed by atoms with Crippen molar-refractivity contribution in [1.29, 1.82) is 0 Å². The average Bonchev–Trinajstić information content (AvgIpc) is 2.37. The molecule has 1 aromatic rings. The Balaban J connectivity index is 2.72. The minimum absolute atomic E-state index is 0.100. The molecule has 0 bridgehead atoms. The molecule has 96 valence electrons. The summed E-state index contributed by atoms with van der Waals surface area (Å²) in [5.41, 5.74) is 6.29. The smallest absolute Gasteiger partial charge is 0.233 e. The van der Waals surface area contributed by atoms with Crippen molar-refractivity contribution in [3.63, 3.8) is 0 Å². The molecule has 0 radical (unpaired) electrons. The molecular weight excluding hydrogens is 248 g/mol. The van der Waals surface area contributed by atoms with E-state index in [4.69, 9.17) is 16.9 Å². The summed E-state index contributed by atoms with van der Waals surface area (Å²) in [5.74, 6) is 2.93. The van der Waals surface area contributed by atoms with Crippen molar-refractivity contribution in [2.45, 2.75) is 17.1 Å². The summed E-state index contributed by atoms with van der Waals surface area (Å²) >= 11 is 1.40. The number of carbonyl (C=O) groups is 1. The van der Waals surface area contributed by atoms with Gasteiger partial charge in [0.25, 0.3) is 0 Å². The minimum atomic E-state index is -0.254. The summed E-state index contributed by atoms with van der Waals surface area (Å²) in [6.45, 7) is 2.05. The summed E-state index contributed by atoms with van der Waals surface area (Å²) in [7, 11) is 1.57. The number of nitrogen functional groups attached to an aromatic ring is 1. The molecule has 1 rings (SSSR count). The number of terminal acetylenes is 1. The Kier molecular flexibility index (Phi) is 5.40. The van der Waals surface area contributed by atoms with Gasteiger partial charge in [0.2, 0.25) is 5.91 Å². The van der Waals surface area contributed by atoms with E-state index in [1.807, 2.05) is 13.0 Å². The van der Waals surface area contributed by atoms with E-state index in [-0.39, 0.29) is 17.7 Å². The topological polar surface area (TPSA) is 64.4 Å². The predicted molar refractivity (Wildman–Crippen MR) is 74.6 cm³/mol. The molecule has 3 N–H and O–H groups in total. The van der Waals surface area contributed by atoms with Gasteiger partial charge in [-0.25, -0.2) is 0 Å². The summed E-state index contributed by atoms with van der Waals surface area (Å²) in [6.07, 6.45) is 5.09. The van der Waals surface area contributed by atoms with Gasteiger partial charge in [-0.1, -0.05) is 5.92 Å². The van der Waals surface area contributed by atoms with Crippen molar-refractivity contribution < 1.29 is 9.53 Å². The van der Waals surface area contributed by atoms with E-state index >= 15 is 0 Å². The number of anilines is 1. The molecule has 1 atom stereocenters. The monoisotopic (exact) mass is 264 g/mol. The van der Waals surface area contributed by atoms with E-state index in [0.717, 1.165) is 4.90 Å². The maximum absolute atomic E-state index is 11.7. The maximum Gasteiger partial charge on any atom is 0.233 e. The Morgan fingerprint density at radius 1 is 1.67 bits per heavy atom. The van der Waals surface area contributed by atoms with Crippen LogP contribution in [0.15, 0.2) is 23.1 Å². The standard InChI is InChI=1S/C13H16N2O2S/c1-4-7-15-13(16)9(2)18-12-6-5-10(14)8-11(12)17-3/h1,5-6,8-9H,7,14H2,2-3H3,(H,15,16). The number of carbonyl (C=O) groups excluding carboxylic acids is 1. The van der Waals surface area contributed by atoms with Crippen LogP contribution in [0.25, 0.3) is 0 Å². The van der Waals surface area contributed by atoms with Crippen molar-refractivity contribution >= 4 is 23.4 Å². The van der Waals surface area contributed by atoms with Gasteiger partial charge >= 0.3 is 0 Å². The fourth-order valence-corrected chi connectivity index (χ4v) is 2.28. The zero-order chi connectivity index (χ0) is 13.5. The normalized spacial score (nSPS) is 11.4. The van der Waals surface area contributed by atoms with Gasteiger partial charge in [0.15, 0.2) is 0 Å². The maximum atomic E-state index is 11.7. The summed E-state index contributed by atoms with van der Waals surface area (Å²) in [4.78, 5) is 12.6. The molecule has 1 aromatic carbocycles. The molecule has 0 saturated heterocycles. The van der Waals surface area contributed by atoms with Gasteiger partial charge in [-0.05, 0) is 19.1 Å². The fourth-order valence-electron chi connectivity index (χ4n) is 1.31. The molecule has 0 aliphatic heterocycles. The highest BCUT2D eigenvalue weighted by Crippen LogP contribution is 2.33. The van der Waals surface area contributed by atoms with Crippen LogP contribution < -0.4 is 15.8 Å². The zero-order valence-electron chi connectivity index (χ0n) is 10.4. The summed E-state index contributed by atoms with van der Waals surface area (Å²) in [6, 6.07) is 5.34. The number of ether oxygens (including phenoxy) is 1. The predicted octanol–water partition coefficient (Wildman–Crippen LogP) is 1.51. The van der Waals surface area contributed by atoms with Gasteiger partial charge in [0.1, 0.15) is 5.75 Å². The quantitative estimate of drug-likeness (QED) is 0.480. The third-order valence-corrected chi connectivity index (χ3v) is 3.38. The van der Waals surface area contributed by atoms with Crippen LogP contribution in [0, 0.1) is 12.3 Å². The lowest BCUT2D eigenvalue weighted by Gasteiger charge is -2.13. The average molecular weight is 264 g/mol. The van der Waals surface area contributed by atoms with Crippen LogP contribution >= 0.6 is 11.8 Å². The largest absolute Gasteiger partial charge is 0.496 e. The number of thioether (sulfide) groups is 1. The fraction of sp³-hybridized carbons (Fsp3) is 0.308. The van der Waals surface area contributed by atoms with Gasteiger partial charge in [-0.3, -0.25) is 4.79 Å².